The molecular weight excluding hydrogens is 408 g/mol. The molecular formula is C21H26N2O4S2. The number of hydrogen-bond donors (Lipinski definition) is 1. The van der Waals surface area contributed by atoms with Gasteiger partial charge in [-0.1, -0.05) is 18.2 Å². The van der Waals surface area contributed by atoms with Gasteiger partial charge in [-0.05, 0) is 49.6 Å². The van der Waals surface area contributed by atoms with Gasteiger partial charge in [0.1, 0.15) is 5.75 Å². The van der Waals surface area contributed by atoms with Crippen molar-refractivity contribution in [1.29, 1.82) is 0 Å². The number of nitrogens with zero attached hydrogens (tertiary/aromatic N) is 1. The van der Waals surface area contributed by atoms with Crippen molar-refractivity contribution in [2.45, 2.75) is 29.1 Å². The first-order chi connectivity index (χ1) is 14.0. The summed E-state index contributed by atoms with van der Waals surface area (Å²) in [6.07, 6.45) is 3.04. The molecule has 1 aliphatic rings. The second-order valence-electron chi connectivity index (χ2n) is 6.77. The number of likely N-dealkylation sites (tertiary alicyclic amines) is 1. The smallest absolute Gasteiger partial charge is 0.257 e. The predicted molar refractivity (Wildman–Crippen MR) is 115 cm³/mol. The van der Waals surface area contributed by atoms with Crippen molar-refractivity contribution < 1.29 is 17.9 Å². The second-order valence-corrected chi connectivity index (χ2v) is 9.71. The third-order valence-electron chi connectivity index (χ3n) is 4.76. The highest BCUT2D eigenvalue weighted by atomic mass is 32.2. The van der Waals surface area contributed by atoms with E-state index in [1.54, 1.807) is 22.7 Å². The number of amides is 1. The summed E-state index contributed by atoms with van der Waals surface area (Å²) < 4.78 is 33.3. The van der Waals surface area contributed by atoms with Crippen molar-refractivity contribution in [3.05, 3.63) is 54.1 Å². The van der Waals surface area contributed by atoms with Gasteiger partial charge in [0, 0.05) is 30.3 Å². The Balaban J connectivity index is 1.69. The summed E-state index contributed by atoms with van der Waals surface area (Å²) in [6.45, 7) is 1.67. The zero-order valence-corrected chi connectivity index (χ0v) is 18.1. The lowest BCUT2D eigenvalue weighted by molar-refractivity contribution is 0.0720. The van der Waals surface area contributed by atoms with Crippen LogP contribution in [0.15, 0.2) is 58.3 Å². The number of ether oxygens (including phenoxy) is 1. The van der Waals surface area contributed by atoms with Crippen molar-refractivity contribution >= 4 is 27.7 Å². The first-order valence-electron chi connectivity index (χ1n) is 9.66. The Morgan fingerprint density at radius 3 is 2.52 bits per heavy atom. The molecule has 0 bridgehead atoms. The van der Waals surface area contributed by atoms with Gasteiger partial charge >= 0.3 is 0 Å². The maximum atomic E-state index is 12.9. The Labute approximate surface area is 176 Å². The lowest BCUT2D eigenvalue weighted by atomic mass is 10.1. The Hall–Kier alpha value is -2.03. The molecule has 0 atom stereocenters. The molecule has 6 nitrogen and oxygen atoms in total. The number of hydrogen-bond acceptors (Lipinski definition) is 5. The predicted octanol–water partition coefficient (Wildman–Crippen LogP) is 3.39. The minimum atomic E-state index is -3.72. The number of nitrogens with one attached hydrogen (secondary N) is 1. The highest BCUT2D eigenvalue weighted by Crippen LogP contribution is 2.25. The molecule has 0 unspecified atom stereocenters. The van der Waals surface area contributed by atoms with Crippen molar-refractivity contribution in [2.24, 2.45) is 0 Å². The quantitative estimate of drug-likeness (QED) is 0.509. The van der Waals surface area contributed by atoms with Gasteiger partial charge in [0.05, 0.1) is 17.6 Å². The molecule has 1 amide bonds. The number of carbonyl (C=O) groups excluding carboxylic acids is 1. The van der Waals surface area contributed by atoms with Crippen LogP contribution in [-0.2, 0) is 10.0 Å². The van der Waals surface area contributed by atoms with E-state index < -0.39 is 10.0 Å². The van der Waals surface area contributed by atoms with E-state index in [4.69, 9.17) is 4.74 Å². The molecule has 1 aliphatic heterocycles. The maximum absolute atomic E-state index is 12.9. The third-order valence-corrected chi connectivity index (χ3v) is 7.23. The maximum Gasteiger partial charge on any atom is 0.257 e. The van der Waals surface area contributed by atoms with Gasteiger partial charge in [-0.25, -0.2) is 13.1 Å². The SMILES string of the molecule is COc1ccc(S(=O)(=O)NCCSc2ccccc2)cc1C(=O)N1CCCCC1. The van der Waals surface area contributed by atoms with Crippen LogP contribution in [0, 0.1) is 0 Å². The summed E-state index contributed by atoms with van der Waals surface area (Å²) in [6, 6.07) is 14.3. The first kappa shape index (κ1) is 21.7. The second kappa shape index (κ2) is 10.1. The fourth-order valence-electron chi connectivity index (χ4n) is 3.23. The molecule has 0 spiro atoms. The average molecular weight is 435 g/mol. The summed E-state index contributed by atoms with van der Waals surface area (Å²) in [4.78, 5) is 15.8. The van der Waals surface area contributed by atoms with Crippen LogP contribution in [0.25, 0.3) is 0 Å². The van der Waals surface area contributed by atoms with Crippen LogP contribution in [0.4, 0.5) is 0 Å². The number of piperidine rings is 1. The summed E-state index contributed by atoms with van der Waals surface area (Å²) >= 11 is 1.58. The molecule has 1 saturated heterocycles. The highest BCUT2D eigenvalue weighted by molar-refractivity contribution is 7.99. The van der Waals surface area contributed by atoms with E-state index in [9.17, 15) is 13.2 Å². The van der Waals surface area contributed by atoms with E-state index in [1.807, 2.05) is 30.3 Å². The number of sulfonamides is 1. The van der Waals surface area contributed by atoms with Crippen LogP contribution < -0.4 is 9.46 Å². The minimum absolute atomic E-state index is 0.0726. The molecule has 0 saturated carbocycles. The molecule has 2 aromatic carbocycles. The number of rotatable bonds is 8. The molecule has 29 heavy (non-hydrogen) atoms. The van der Waals surface area contributed by atoms with E-state index >= 15 is 0 Å². The highest BCUT2D eigenvalue weighted by Gasteiger charge is 2.24. The normalized spacial score (nSPS) is 14.6. The van der Waals surface area contributed by atoms with Gasteiger partial charge in [-0.3, -0.25) is 4.79 Å². The Morgan fingerprint density at radius 1 is 1.10 bits per heavy atom. The molecule has 2 aromatic rings. The van der Waals surface area contributed by atoms with Gasteiger partial charge in [-0.2, -0.15) is 0 Å². The number of thioether (sulfide) groups is 1. The van der Waals surface area contributed by atoms with Crippen molar-refractivity contribution in [2.75, 3.05) is 32.5 Å². The number of methoxy groups -OCH3 is 1. The Bertz CT molecular complexity index is 927. The van der Waals surface area contributed by atoms with Crippen LogP contribution >= 0.6 is 11.8 Å². The molecule has 1 N–H and O–H groups in total. The Kier molecular flexibility index (Phi) is 7.57. The minimum Gasteiger partial charge on any atom is -0.496 e. The van der Waals surface area contributed by atoms with Crippen LogP contribution in [0.3, 0.4) is 0 Å². The number of carbonyl (C=O) groups is 1. The summed E-state index contributed by atoms with van der Waals surface area (Å²) in [5.41, 5.74) is 0.288. The van der Waals surface area contributed by atoms with Gasteiger partial charge in [-0.15, -0.1) is 11.8 Å². The molecule has 1 fully saturated rings. The molecule has 156 valence electrons. The molecule has 8 heteroatoms. The van der Waals surface area contributed by atoms with Gasteiger partial charge in [0.15, 0.2) is 0 Å². The van der Waals surface area contributed by atoms with E-state index in [2.05, 4.69) is 4.72 Å². The fraction of sp³-hybridized carbons (Fsp3) is 0.381. The van der Waals surface area contributed by atoms with Crippen molar-refractivity contribution in [1.82, 2.24) is 9.62 Å². The van der Waals surface area contributed by atoms with Gasteiger partial charge < -0.3 is 9.64 Å². The van der Waals surface area contributed by atoms with Gasteiger partial charge in [0.2, 0.25) is 10.0 Å². The lowest BCUT2D eigenvalue weighted by Gasteiger charge is -2.27. The molecule has 0 aliphatic carbocycles. The lowest BCUT2D eigenvalue weighted by Crippen LogP contribution is -2.36. The topological polar surface area (TPSA) is 75.7 Å². The van der Waals surface area contributed by atoms with Crippen LogP contribution in [-0.4, -0.2) is 51.7 Å². The van der Waals surface area contributed by atoms with Crippen LogP contribution in [0.2, 0.25) is 0 Å². The Morgan fingerprint density at radius 2 is 1.83 bits per heavy atom. The first-order valence-corrected chi connectivity index (χ1v) is 12.1. The average Bonchev–Trinajstić information content (AvgIpc) is 2.77. The van der Waals surface area contributed by atoms with Crippen LogP contribution in [0.5, 0.6) is 5.75 Å². The zero-order chi connectivity index (χ0) is 20.7. The largest absolute Gasteiger partial charge is 0.496 e. The summed E-state index contributed by atoms with van der Waals surface area (Å²) in [5, 5.41) is 0. The standard InChI is InChI=1S/C21H26N2O4S2/c1-27-20-11-10-18(16-19(20)21(24)23-13-6-3-7-14-23)29(25,26)22-12-15-28-17-8-4-2-5-9-17/h2,4-5,8-11,16,22H,3,6-7,12-15H2,1H3. The number of benzene rings is 2. The van der Waals surface area contributed by atoms with E-state index in [0.29, 0.717) is 31.1 Å². The molecule has 0 aromatic heterocycles. The van der Waals surface area contributed by atoms with Crippen molar-refractivity contribution in [3.63, 3.8) is 0 Å². The fourth-order valence-corrected chi connectivity index (χ4v) is 5.21. The van der Waals surface area contributed by atoms with Crippen LogP contribution in [0.1, 0.15) is 29.6 Å². The summed E-state index contributed by atoms with van der Waals surface area (Å²) in [5.74, 6) is 0.816. The zero-order valence-electron chi connectivity index (χ0n) is 16.5. The third kappa shape index (κ3) is 5.74. The van der Waals surface area contributed by atoms with Crippen molar-refractivity contribution in [3.8, 4) is 5.75 Å². The van der Waals surface area contributed by atoms with E-state index in [0.717, 1.165) is 24.2 Å². The molecule has 1 heterocycles. The van der Waals surface area contributed by atoms with Gasteiger partial charge in [0.25, 0.3) is 5.91 Å². The molecule has 0 radical (unpaired) electrons. The van der Waals surface area contributed by atoms with E-state index in [-0.39, 0.29) is 16.4 Å². The molecule has 3 rings (SSSR count). The van der Waals surface area contributed by atoms with E-state index in [1.165, 1.54) is 19.2 Å². The monoisotopic (exact) mass is 434 g/mol. The summed E-state index contributed by atoms with van der Waals surface area (Å²) in [7, 11) is -2.23.